The van der Waals surface area contributed by atoms with E-state index in [2.05, 4.69) is 36.2 Å². The average Bonchev–Trinajstić information content (AvgIpc) is 2.55. The first-order chi connectivity index (χ1) is 10.6. The van der Waals surface area contributed by atoms with E-state index < -0.39 is 0 Å². The smallest absolute Gasteiger partial charge is 0.101 e. The minimum atomic E-state index is 0.431. The summed E-state index contributed by atoms with van der Waals surface area (Å²) in [6.45, 7) is 4.22. The maximum atomic E-state index is 8.87. The van der Waals surface area contributed by atoms with Crippen molar-refractivity contribution in [1.82, 2.24) is 4.98 Å². The Bertz CT molecular complexity index is 653. The molecule has 0 amide bonds. The van der Waals surface area contributed by atoms with Crippen molar-refractivity contribution in [3.63, 3.8) is 0 Å². The van der Waals surface area contributed by atoms with Gasteiger partial charge in [-0.15, -0.1) is 0 Å². The molecule has 0 bridgehead atoms. The van der Waals surface area contributed by atoms with Crippen LogP contribution in [0.25, 0.3) is 0 Å². The summed E-state index contributed by atoms with van der Waals surface area (Å²) >= 11 is 0. The number of nitrogens with two attached hydrogens (primary N) is 1. The van der Waals surface area contributed by atoms with Crippen molar-refractivity contribution in [2.75, 3.05) is 5.73 Å². The lowest BCUT2D eigenvalue weighted by Gasteiger charge is -2.16. The molecule has 114 valence electrons. The number of anilines is 1. The van der Waals surface area contributed by atoms with Gasteiger partial charge in [-0.2, -0.15) is 5.26 Å². The topological polar surface area (TPSA) is 62.7 Å². The molecule has 3 heteroatoms. The largest absolute Gasteiger partial charge is 0.399 e. The first-order valence-electron chi connectivity index (χ1n) is 7.85. The Balaban J connectivity index is 2.07. The van der Waals surface area contributed by atoms with E-state index in [4.69, 9.17) is 11.0 Å². The highest BCUT2D eigenvalue weighted by atomic mass is 14.7. The second-order valence-corrected chi connectivity index (χ2v) is 5.80. The Morgan fingerprint density at radius 3 is 2.64 bits per heavy atom. The molecule has 1 heterocycles. The molecule has 0 aliphatic carbocycles. The molecule has 0 aliphatic heterocycles. The highest BCUT2D eigenvalue weighted by Gasteiger charge is 2.12. The Morgan fingerprint density at radius 2 is 2.05 bits per heavy atom. The fraction of sp³-hybridized carbons (Fsp3) is 0.368. The van der Waals surface area contributed by atoms with E-state index in [-0.39, 0.29) is 0 Å². The first-order valence-corrected chi connectivity index (χ1v) is 7.85. The van der Waals surface area contributed by atoms with Gasteiger partial charge in [0.1, 0.15) is 6.07 Å². The van der Waals surface area contributed by atoms with Crippen molar-refractivity contribution in [1.29, 1.82) is 5.26 Å². The number of hydrogen-bond acceptors (Lipinski definition) is 3. The minimum Gasteiger partial charge on any atom is -0.399 e. The summed E-state index contributed by atoms with van der Waals surface area (Å²) in [4.78, 5) is 4.47. The Hall–Kier alpha value is -2.34. The molecule has 0 saturated carbocycles. The predicted octanol–water partition coefficient (Wildman–Crippen LogP) is 4.36. The van der Waals surface area contributed by atoms with Crippen molar-refractivity contribution in [2.45, 2.75) is 45.4 Å². The molecule has 0 aliphatic rings. The zero-order chi connectivity index (χ0) is 15.9. The van der Waals surface area contributed by atoms with Gasteiger partial charge in [0.15, 0.2) is 0 Å². The van der Waals surface area contributed by atoms with Crippen LogP contribution in [-0.4, -0.2) is 4.98 Å². The Morgan fingerprint density at radius 1 is 1.23 bits per heavy atom. The number of aryl methyl sites for hydroxylation is 2. The molecule has 2 aromatic rings. The lowest BCUT2D eigenvalue weighted by Crippen LogP contribution is -2.04. The highest BCUT2D eigenvalue weighted by molar-refractivity contribution is 5.48. The average molecular weight is 293 g/mol. The van der Waals surface area contributed by atoms with E-state index >= 15 is 0 Å². The second-order valence-electron chi connectivity index (χ2n) is 5.80. The van der Waals surface area contributed by atoms with Crippen LogP contribution in [0.4, 0.5) is 5.69 Å². The summed E-state index contributed by atoms with van der Waals surface area (Å²) < 4.78 is 0. The van der Waals surface area contributed by atoms with Crippen molar-refractivity contribution in [3.8, 4) is 6.07 Å². The summed E-state index contributed by atoms with van der Waals surface area (Å²) in [5.74, 6) is 0.431. The molecule has 0 fully saturated rings. The van der Waals surface area contributed by atoms with Crippen LogP contribution in [0, 0.1) is 18.3 Å². The van der Waals surface area contributed by atoms with Crippen LogP contribution in [0.15, 0.2) is 36.5 Å². The summed E-state index contributed by atoms with van der Waals surface area (Å²) in [6.07, 6.45) is 5.95. The van der Waals surface area contributed by atoms with E-state index in [9.17, 15) is 0 Å². The van der Waals surface area contributed by atoms with Crippen LogP contribution in [0.5, 0.6) is 0 Å². The molecule has 2 N–H and O–H groups in total. The van der Waals surface area contributed by atoms with Gasteiger partial charge in [-0.3, -0.25) is 4.98 Å². The molecular weight excluding hydrogens is 270 g/mol. The second kappa shape index (κ2) is 7.61. The van der Waals surface area contributed by atoms with Gasteiger partial charge in [0.2, 0.25) is 0 Å². The van der Waals surface area contributed by atoms with Crippen LogP contribution < -0.4 is 5.73 Å². The van der Waals surface area contributed by atoms with Gasteiger partial charge in [-0.1, -0.05) is 25.5 Å². The molecule has 22 heavy (non-hydrogen) atoms. The normalized spacial score (nSPS) is 11.9. The van der Waals surface area contributed by atoms with E-state index in [0.29, 0.717) is 11.5 Å². The van der Waals surface area contributed by atoms with Gasteiger partial charge in [0.05, 0.1) is 5.56 Å². The number of aromatic nitrogens is 1. The van der Waals surface area contributed by atoms with E-state index in [1.165, 1.54) is 5.56 Å². The minimum absolute atomic E-state index is 0.431. The number of nitrogen functional groups attached to an aromatic ring is 1. The molecule has 1 unspecified atom stereocenters. The maximum absolute atomic E-state index is 8.87. The lowest BCUT2D eigenvalue weighted by atomic mass is 9.91. The zero-order valence-corrected chi connectivity index (χ0v) is 13.3. The van der Waals surface area contributed by atoms with Gasteiger partial charge >= 0.3 is 0 Å². The third-order valence-corrected chi connectivity index (χ3v) is 4.10. The van der Waals surface area contributed by atoms with Gasteiger partial charge in [0.25, 0.3) is 0 Å². The fourth-order valence-electron chi connectivity index (χ4n) is 2.69. The van der Waals surface area contributed by atoms with Gasteiger partial charge in [0, 0.05) is 23.5 Å². The Labute approximate surface area is 132 Å². The standard InChI is InChI=1S/C19H23N3/c1-3-4-17(19-10-8-16(12-20)13-22-19)9-7-15-6-5-14(2)18(21)11-15/h5-6,8,10-11,13,17H,3-4,7,9,21H2,1-2H3. The number of benzene rings is 1. The number of hydrogen-bond donors (Lipinski definition) is 1. The van der Waals surface area contributed by atoms with Crippen LogP contribution in [-0.2, 0) is 6.42 Å². The molecule has 2 rings (SSSR count). The van der Waals surface area contributed by atoms with E-state index in [1.807, 2.05) is 19.1 Å². The molecular formula is C19H23N3. The molecule has 0 spiro atoms. The van der Waals surface area contributed by atoms with Gasteiger partial charge in [-0.25, -0.2) is 0 Å². The molecule has 3 nitrogen and oxygen atoms in total. The summed E-state index contributed by atoms with van der Waals surface area (Å²) in [5.41, 5.74) is 11.0. The molecule has 0 radical (unpaired) electrons. The lowest BCUT2D eigenvalue weighted by molar-refractivity contribution is 0.555. The molecule has 0 saturated heterocycles. The number of nitriles is 1. The fourth-order valence-corrected chi connectivity index (χ4v) is 2.69. The highest BCUT2D eigenvalue weighted by Crippen LogP contribution is 2.26. The van der Waals surface area contributed by atoms with Gasteiger partial charge in [-0.05, 0) is 55.5 Å². The number of rotatable bonds is 6. The van der Waals surface area contributed by atoms with Gasteiger partial charge < -0.3 is 5.73 Å². The van der Waals surface area contributed by atoms with Crippen molar-refractivity contribution in [3.05, 3.63) is 58.9 Å². The van der Waals surface area contributed by atoms with E-state index in [1.54, 1.807) is 6.20 Å². The summed E-state index contributed by atoms with van der Waals surface area (Å²) in [5, 5.41) is 8.87. The van der Waals surface area contributed by atoms with Crippen LogP contribution in [0.3, 0.4) is 0 Å². The number of pyridine rings is 1. The molecule has 1 atom stereocenters. The number of nitrogens with zero attached hydrogens (tertiary/aromatic N) is 2. The quantitative estimate of drug-likeness (QED) is 0.805. The van der Waals surface area contributed by atoms with Crippen LogP contribution >= 0.6 is 0 Å². The summed E-state index contributed by atoms with van der Waals surface area (Å²) in [7, 11) is 0. The van der Waals surface area contributed by atoms with Crippen LogP contribution in [0.1, 0.15) is 54.5 Å². The zero-order valence-electron chi connectivity index (χ0n) is 13.3. The van der Waals surface area contributed by atoms with Crippen molar-refractivity contribution in [2.24, 2.45) is 0 Å². The molecule has 1 aromatic carbocycles. The third-order valence-electron chi connectivity index (χ3n) is 4.10. The first kappa shape index (κ1) is 16.0. The van der Waals surface area contributed by atoms with Crippen molar-refractivity contribution >= 4 is 5.69 Å². The maximum Gasteiger partial charge on any atom is 0.101 e. The van der Waals surface area contributed by atoms with E-state index in [0.717, 1.165) is 42.6 Å². The molecule has 1 aromatic heterocycles. The summed E-state index contributed by atoms with van der Waals surface area (Å²) in [6, 6.07) is 12.3. The van der Waals surface area contributed by atoms with Crippen molar-refractivity contribution < 1.29 is 0 Å². The van der Waals surface area contributed by atoms with Crippen LogP contribution in [0.2, 0.25) is 0 Å². The Kier molecular flexibility index (Phi) is 5.55. The third kappa shape index (κ3) is 4.08. The SMILES string of the molecule is CCCC(CCc1ccc(C)c(N)c1)c1ccc(C#N)cn1. The monoisotopic (exact) mass is 293 g/mol. The predicted molar refractivity (Wildman–Crippen MR) is 90.5 cm³/mol.